The highest BCUT2D eigenvalue weighted by atomic mass is 16.5. The summed E-state index contributed by atoms with van der Waals surface area (Å²) in [4.78, 5) is 30.5. The van der Waals surface area contributed by atoms with E-state index >= 15 is 0 Å². The molecule has 0 aliphatic carbocycles. The zero-order valence-corrected chi connectivity index (χ0v) is 12.0. The van der Waals surface area contributed by atoms with Crippen LogP contribution in [0.5, 0.6) is 11.8 Å². The van der Waals surface area contributed by atoms with Gasteiger partial charge in [-0.05, 0) is 6.42 Å². The summed E-state index contributed by atoms with van der Waals surface area (Å²) in [6.45, 7) is 1.82. The lowest BCUT2D eigenvalue weighted by molar-refractivity contribution is -0.139. The van der Waals surface area contributed by atoms with Crippen molar-refractivity contribution in [3.8, 4) is 11.8 Å². The van der Waals surface area contributed by atoms with Gasteiger partial charge in [0.1, 0.15) is 6.04 Å². The number of amides is 2. The number of carboxylic acids is 1. The summed E-state index contributed by atoms with van der Waals surface area (Å²) in [7, 11) is 2.82. The Morgan fingerprint density at radius 3 is 2.29 bits per heavy atom. The zero-order chi connectivity index (χ0) is 15.8. The summed E-state index contributed by atoms with van der Waals surface area (Å²) in [5.41, 5.74) is 0. The van der Waals surface area contributed by atoms with E-state index in [0.717, 1.165) is 0 Å². The predicted molar refractivity (Wildman–Crippen MR) is 73.6 cm³/mol. The lowest BCUT2D eigenvalue weighted by atomic mass is 10.2. The first-order chi connectivity index (χ1) is 9.99. The molecule has 1 atom stereocenters. The van der Waals surface area contributed by atoms with Crippen molar-refractivity contribution in [2.75, 3.05) is 19.5 Å². The van der Waals surface area contributed by atoms with Gasteiger partial charge in [-0.3, -0.25) is 5.32 Å². The fraction of sp³-hybridized carbons (Fsp3) is 0.500. The van der Waals surface area contributed by atoms with Crippen molar-refractivity contribution in [3.63, 3.8) is 0 Å². The third-order valence-electron chi connectivity index (χ3n) is 2.50. The van der Waals surface area contributed by atoms with Crippen molar-refractivity contribution in [3.05, 3.63) is 6.07 Å². The van der Waals surface area contributed by atoms with Crippen LogP contribution in [0.15, 0.2) is 6.07 Å². The minimum Gasteiger partial charge on any atom is -0.481 e. The molecule has 0 aromatic carbocycles. The van der Waals surface area contributed by atoms with E-state index in [0.29, 0.717) is 12.8 Å². The molecule has 3 N–H and O–H groups in total. The monoisotopic (exact) mass is 298 g/mol. The molecule has 2 amide bonds. The number of nitrogens with zero attached hydrogens (tertiary/aromatic N) is 2. The van der Waals surface area contributed by atoms with Crippen LogP contribution >= 0.6 is 0 Å². The maximum atomic E-state index is 11.8. The standard InChI is InChI=1S/C12H18N4O5/c1-4-5-7(10(17)18)13-12(19)16-11-14-8(20-2)6-9(15-11)21-3/h6-7H,4-5H2,1-3H3,(H,17,18)(H2,13,14,15,16,19)/t7-/m1/s1. The molecule has 9 nitrogen and oxygen atoms in total. The molecule has 0 spiro atoms. The molecular formula is C12H18N4O5. The number of ether oxygens (including phenoxy) is 2. The number of hydrogen-bond acceptors (Lipinski definition) is 6. The maximum absolute atomic E-state index is 11.8. The molecule has 1 rings (SSSR count). The third kappa shape index (κ3) is 5.13. The SMILES string of the molecule is CCC[C@@H](NC(=O)Nc1nc(OC)cc(OC)n1)C(=O)O. The van der Waals surface area contributed by atoms with Gasteiger partial charge in [0.25, 0.3) is 0 Å². The summed E-state index contributed by atoms with van der Waals surface area (Å²) in [5.74, 6) is -0.735. The minimum absolute atomic E-state index is 0.0515. The topological polar surface area (TPSA) is 123 Å². The Bertz CT molecular complexity index is 486. The van der Waals surface area contributed by atoms with Crippen LogP contribution in [0.2, 0.25) is 0 Å². The van der Waals surface area contributed by atoms with E-state index in [4.69, 9.17) is 14.6 Å². The van der Waals surface area contributed by atoms with Gasteiger partial charge in [0.15, 0.2) is 0 Å². The first-order valence-corrected chi connectivity index (χ1v) is 6.27. The number of carboxylic acid groups (broad SMARTS) is 1. The van der Waals surface area contributed by atoms with Crippen LogP contribution in [0.4, 0.5) is 10.7 Å². The molecule has 0 unspecified atom stereocenters. The maximum Gasteiger partial charge on any atom is 0.326 e. The molecule has 0 radical (unpaired) electrons. The molecule has 0 aliphatic heterocycles. The van der Waals surface area contributed by atoms with Crippen molar-refractivity contribution < 1.29 is 24.2 Å². The van der Waals surface area contributed by atoms with E-state index < -0.39 is 18.0 Å². The molecule has 116 valence electrons. The molecule has 1 heterocycles. The molecule has 0 saturated carbocycles. The van der Waals surface area contributed by atoms with Crippen molar-refractivity contribution in [1.29, 1.82) is 0 Å². The van der Waals surface area contributed by atoms with Crippen molar-refractivity contribution in [1.82, 2.24) is 15.3 Å². The predicted octanol–water partition coefficient (Wildman–Crippen LogP) is 0.869. The van der Waals surface area contributed by atoms with Crippen LogP contribution in [0.1, 0.15) is 19.8 Å². The van der Waals surface area contributed by atoms with Crippen molar-refractivity contribution in [2.45, 2.75) is 25.8 Å². The summed E-state index contributed by atoms with van der Waals surface area (Å²) in [6.07, 6.45) is 0.950. The molecule has 1 aromatic heterocycles. The Morgan fingerprint density at radius 1 is 1.29 bits per heavy atom. The van der Waals surface area contributed by atoms with Gasteiger partial charge in [-0.25, -0.2) is 9.59 Å². The highest BCUT2D eigenvalue weighted by Crippen LogP contribution is 2.17. The number of anilines is 1. The number of aliphatic carboxylic acids is 1. The third-order valence-corrected chi connectivity index (χ3v) is 2.50. The minimum atomic E-state index is -1.10. The van der Waals surface area contributed by atoms with E-state index in [1.807, 2.05) is 6.92 Å². The van der Waals surface area contributed by atoms with Gasteiger partial charge in [-0.2, -0.15) is 9.97 Å². The number of hydrogen-bond donors (Lipinski definition) is 3. The largest absolute Gasteiger partial charge is 0.481 e. The van der Waals surface area contributed by atoms with Crippen LogP contribution < -0.4 is 20.1 Å². The van der Waals surface area contributed by atoms with Gasteiger partial charge >= 0.3 is 12.0 Å². The fourth-order valence-corrected chi connectivity index (χ4v) is 1.51. The summed E-state index contributed by atoms with van der Waals surface area (Å²) >= 11 is 0. The fourth-order valence-electron chi connectivity index (χ4n) is 1.51. The van der Waals surface area contributed by atoms with Crippen LogP contribution in [-0.4, -0.2) is 47.3 Å². The summed E-state index contributed by atoms with van der Waals surface area (Å²) < 4.78 is 9.88. The number of carbonyl (C=O) groups excluding carboxylic acids is 1. The van der Waals surface area contributed by atoms with Crippen molar-refractivity contribution >= 4 is 17.9 Å². The second kappa shape index (κ2) is 7.88. The number of aromatic nitrogens is 2. The van der Waals surface area contributed by atoms with E-state index in [2.05, 4.69) is 20.6 Å². The smallest absolute Gasteiger partial charge is 0.326 e. The number of carbonyl (C=O) groups is 2. The van der Waals surface area contributed by atoms with Gasteiger partial charge in [-0.1, -0.05) is 13.3 Å². The molecule has 0 bridgehead atoms. The normalized spacial score (nSPS) is 11.4. The molecular weight excluding hydrogens is 280 g/mol. The number of urea groups is 1. The highest BCUT2D eigenvalue weighted by Gasteiger charge is 2.19. The van der Waals surface area contributed by atoms with E-state index in [1.54, 1.807) is 0 Å². The first kappa shape index (κ1) is 16.5. The Kier molecular flexibility index (Phi) is 6.18. The molecule has 9 heteroatoms. The van der Waals surface area contributed by atoms with Gasteiger partial charge < -0.3 is 19.9 Å². The van der Waals surface area contributed by atoms with Gasteiger partial charge in [0.05, 0.1) is 20.3 Å². The Hall–Kier alpha value is -2.58. The van der Waals surface area contributed by atoms with Crippen molar-refractivity contribution in [2.24, 2.45) is 0 Å². The van der Waals surface area contributed by atoms with Gasteiger partial charge in [0.2, 0.25) is 17.7 Å². The lowest BCUT2D eigenvalue weighted by Crippen LogP contribution is -2.43. The van der Waals surface area contributed by atoms with Crippen LogP contribution in [-0.2, 0) is 4.79 Å². The van der Waals surface area contributed by atoms with E-state index in [1.165, 1.54) is 20.3 Å². The van der Waals surface area contributed by atoms with Crippen LogP contribution in [0.25, 0.3) is 0 Å². The highest BCUT2D eigenvalue weighted by molar-refractivity contribution is 5.90. The number of nitrogens with one attached hydrogen (secondary N) is 2. The Labute approximate surface area is 121 Å². The summed E-state index contributed by atoms with van der Waals surface area (Å²) in [6, 6.07) is -0.242. The van der Waals surface area contributed by atoms with Crippen LogP contribution in [0, 0.1) is 0 Å². The average molecular weight is 298 g/mol. The lowest BCUT2D eigenvalue weighted by Gasteiger charge is -2.14. The zero-order valence-electron chi connectivity index (χ0n) is 12.0. The Balaban J connectivity index is 2.75. The molecule has 0 fully saturated rings. The second-order valence-electron chi connectivity index (χ2n) is 4.05. The van der Waals surface area contributed by atoms with E-state index in [-0.39, 0.29) is 17.7 Å². The van der Waals surface area contributed by atoms with Crippen LogP contribution in [0.3, 0.4) is 0 Å². The average Bonchev–Trinajstić information content (AvgIpc) is 2.46. The quantitative estimate of drug-likeness (QED) is 0.682. The Morgan fingerprint density at radius 2 is 1.86 bits per heavy atom. The molecule has 0 aliphatic rings. The van der Waals surface area contributed by atoms with E-state index in [9.17, 15) is 9.59 Å². The molecule has 0 saturated heterocycles. The number of methoxy groups -OCH3 is 2. The molecule has 21 heavy (non-hydrogen) atoms. The first-order valence-electron chi connectivity index (χ1n) is 6.27. The molecule has 1 aromatic rings. The van der Waals surface area contributed by atoms with Gasteiger partial charge in [-0.15, -0.1) is 0 Å². The summed E-state index contributed by atoms with van der Waals surface area (Å²) in [5, 5.41) is 13.6. The number of rotatable bonds is 7. The van der Waals surface area contributed by atoms with Gasteiger partial charge in [0, 0.05) is 0 Å². The second-order valence-corrected chi connectivity index (χ2v) is 4.05.